The van der Waals surface area contributed by atoms with Gasteiger partial charge in [-0.05, 0) is 26.9 Å². The van der Waals surface area contributed by atoms with Gasteiger partial charge in [0, 0.05) is 37.9 Å². The minimum absolute atomic E-state index is 0.278. The van der Waals surface area contributed by atoms with E-state index in [4.69, 9.17) is 4.74 Å². The van der Waals surface area contributed by atoms with Crippen LogP contribution in [0.2, 0.25) is 0 Å². The lowest BCUT2D eigenvalue weighted by atomic mass is 10.1. The van der Waals surface area contributed by atoms with Gasteiger partial charge in [0.25, 0.3) is 0 Å². The molecule has 1 saturated heterocycles. The normalized spacial score (nSPS) is 17.0. The maximum absolute atomic E-state index is 5.68. The van der Waals surface area contributed by atoms with Crippen LogP contribution in [0.4, 0.5) is 11.8 Å². The van der Waals surface area contributed by atoms with E-state index in [2.05, 4.69) is 51.7 Å². The van der Waals surface area contributed by atoms with Gasteiger partial charge >= 0.3 is 0 Å². The molecule has 0 aliphatic carbocycles. The van der Waals surface area contributed by atoms with E-state index in [1.807, 2.05) is 24.3 Å². The Morgan fingerprint density at radius 1 is 1.16 bits per heavy atom. The first kappa shape index (κ1) is 17.6. The fourth-order valence-corrected chi connectivity index (χ4v) is 2.79. The summed E-state index contributed by atoms with van der Waals surface area (Å²) in [5, 5.41) is 6.73. The van der Waals surface area contributed by atoms with Gasteiger partial charge in [-0.15, -0.1) is 0 Å². The first-order valence-electron chi connectivity index (χ1n) is 8.89. The summed E-state index contributed by atoms with van der Waals surface area (Å²) >= 11 is 0. The summed E-state index contributed by atoms with van der Waals surface area (Å²) in [6, 6.07) is 12.2. The zero-order valence-corrected chi connectivity index (χ0v) is 15.0. The van der Waals surface area contributed by atoms with Crippen molar-refractivity contribution in [2.75, 3.05) is 51.0 Å². The fourth-order valence-electron chi connectivity index (χ4n) is 2.79. The van der Waals surface area contributed by atoms with Gasteiger partial charge < -0.3 is 20.3 Å². The SMILES string of the molecule is CN(C)CCNc1nc(NCC2CCCO2)cc(-c2ccccc2)n1. The van der Waals surface area contributed by atoms with E-state index in [0.29, 0.717) is 5.95 Å². The molecule has 0 amide bonds. The number of hydrogen-bond donors (Lipinski definition) is 2. The van der Waals surface area contributed by atoms with Gasteiger partial charge in [-0.2, -0.15) is 4.98 Å². The van der Waals surface area contributed by atoms with Crippen molar-refractivity contribution in [1.29, 1.82) is 0 Å². The maximum atomic E-state index is 5.68. The molecule has 1 atom stereocenters. The van der Waals surface area contributed by atoms with Crippen LogP contribution < -0.4 is 10.6 Å². The highest BCUT2D eigenvalue weighted by Gasteiger charge is 2.15. The number of nitrogens with zero attached hydrogens (tertiary/aromatic N) is 3. The molecule has 25 heavy (non-hydrogen) atoms. The number of hydrogen-bond acceptors (Lipinski definition) is 6. The molecule has 2 aromatic rings. The number of aromatic nitrogens is 2. The largest absolute Gasteiger partial charge is 0.376 e. The second-order valence-corrected chi connectivity index (χ2v) is 6.57. The zero-order valence-electron chi connectivity index (χ0n) is 15.0. The molecule has 1 aromatic carbocycles. The monoisotopic (exact) mass is 341 g/mol. The van der Waals surface area contributed by atoms with Crippen molar-refractivity contribution in [3.63, 3.8) is 0 Å². The van der Waals surface area contributed by atoms with E-state index in [9.17, 15) is 0 Å². The van der Waals surface area contributed by atoms with E-state index < -0.39 is 0 Å². The van der Waals surface area contributed by atoms with Crippen molar-refractivity contribution >= 4 is 11.8 Å². The van der Waals surface area contributed by atoms with E-state index in [0.717, 1.165) is 56.2 Å². The molecule has 134 valence electrons. The highest BCUT2D eigenvalue weighted by molar-refractivity contribution is 5.64. The molecule has 1 aliphatic rings. The maximum Gasteiger partial charge on any atom is 0.225 e. The summed E-state index contributed by atoms with van der Waals surface area (Å²) in [4.78, 5) is 11.4. The van der Waals surface area contributed by atoms with Crippen molar-refractivity contribution in [2.24, 2.45) is 0 Å². The molecule has 0 bridgehead atoms. The van der Waals surface area contributed by atoms with Gasteiger partial charge in [-0.1, -0.05) is 30.3 Å². The van der Waals surface area contributed by atoms with Gasteiger partial charge in [0.05, 0.1) is 11.8 Å². The number of anilines is 2. The molecule has 1 fully saturated rings. The number of rotatable bonds is 8. The van der Waals surface area contributed by atoms with Crippen LogP contribution in [0.15, 0.2) is 36.4 Å². The van der Waals surface area contributed by atoms with Crippen LogP contribution >= 0.6 is 0 Å². The van der Waals surface area contributed by atoms with E-state index in [1.165, 1.54) is 0 Å². The van der Waals surface area contributed by atoms with Crippen LogP contribution in [0.5, 0.6) is 0 Å². The molecule has 1 aromatic heterocycles. The average molecular weight is 341 g/mol. The third kappa shape index (κ3) is 5.41. The molecule has 0 spiro atoms. The van der Waals surface area contributed by atoms with Crippen molar-refractivity contribution in [3.05, 3.63) is 36.4 Å². The Labute approximate surface area is 149 Å². The Balaban J connectivity index is 1.75. The van der Waals surface area contributed by atoms with Gasteiger partial charge in [0.15, 0.2) is 0 Å². The predicted octanol–water partition coefficient (Wildman–Crippen LogP) is 2.71. The van der Waals surface area contributed by atoms with E-state index in [-0.39, 0.29) is 6.10 Å². The van der Waals surface area contributed by atoms with Gasteiger partial charge in [-0.3, -0.25) is 0 Å². The Bertz CT molecular complexity index is 656. The van der Waals surface area contributed by atoms with Crippen molar-refractivity contribution < 1.29 is 4.74 Å². The van der Waals surface area contributed by atoms with Crippen LogP contribution in [0.3, 0.4) is 0 Å². The molecule has 0 radical (unpaired) electrons. The molecule has 1 unspecified atom stereocenters. The van der Waals surface area contributed by atoms with Crippen LogP contribution in [0, 0.1) is 0 Å². The lowest BCUT2D eigenvalue weighted by Crippen LogP contribution is -2.22. The highest BCUT2D eigenvalue weighted by atomic mass is 16.5. The Morgan fingerprint density at radius 2 is 2.00 bits per heavy atom. The molecule has 0 saturated carbocycles. The molecule has 6 nitrogen and oxygen atoms in total. The number of nitrogens with one attached hydrogen (secondary N) is 2. The Hall–Kier alpha value is -2.18. The summed E-state index contributed by atoms with van der Waals surface area (Å²) in [5.41, 5.74) is 2.00. The van der Waals surface area contributed by atoms with Crippen LogP contribution in [-0.2, 0) is 4.74 Å². The average Bonchev–Trinajstić information content (AvgIpc) is 3.14. The zero-order chi connectivity index (χ0) is 17.5. The van der Waals surface area contributed by atoms with Gasteiger partial charge in [0.2, 0.25) is 5.95 Å². The van der Waals surface area contributed by atoms with Gasteiger partial charge in [0.1, 0.15) is 5.82 Å². The van der Waals surface area contributed by atoms with E-state index in [1.54, 1.807) is 0 Å². The van der Waals surface area contributed by atoms with Crippen molar-refractivity contribution in [2.45, 2.75) is 18.9 Å². The number of likely N-dealkylation sites (N-methyl/N-ethyl adjacent to an activating group) is 1. The highest BCUT2D eigenvalue weighted by Crippen LogP contribution is 2.22. The first-order valence-corrected chi connectivity index (χ1v) is 8.89. The topological polar surface area (TPSA) is 62.3 Å². The minimum atomic E-state index is 0.278. The van der Waals surface area contributed by atoms with E-state index >= 15 is 0 Å². The molecule has 1 aliphatic heterocycles. The summed E-state index contributed by atoms with van der Waals surface area (Å²) in [6.45, 7) is 3.37. The number of benzene rings is 1. The summed E-state index contributed by atoms with van der Waals surface area (Å²) < 4.78 is 5.68. The third-order valence-electron chi connectivity index (χ3n) is 4.17. The van der Waals surface area contributed by atoms with Gasteiger partial charge in [-0.25, -0.2) is 4.98 Å². The lowest BCUT2D eigenvalue weighted by Gasteiger charge is -2.15. The summed E-state index contributed by atoms with van der Waals surface area (Å²) in [5.74, 6) is 1.48. The molecule has 3 rings (SSSR count). The smallest absolute Gasteiger partial charge is 0.225 e. The number of ether oxygens (including phenoxy) is 1. The fraction of sp³-hybridized carbons (Fsp3) is 0.474. The quantitative estimate of drug-likeness (QED) is 0.770. The second-order valence-electron chi connectivity index (χ2n) is 6.57. The minimum Gasteiger partial charge on any atom is -0.376 e. The third-order valence-corrected chi connectivity index (χ3v) is 4.17. The summed E-state index contributed by atoms with van der Waals surface area (Å²) in [7, 11) is 4.11. The molecular weight excluding hydrogens is 314 g/mol. The Morgan fingerprint density at radius 3 is 2.72 bits per heavy atom. The molecular formula is C19H27N5O. The van der Waals surface area contributed by atoms with Crippen LogP contribution in [0.25, 0.3) is 11.3 Å². The second kappa shape index (κ2) is 8.78. The van der Waals surface area contributed by atoms with Crippen LogP contribution in [0.1, 0.15) is 12.8 Å². The van der Waals surface area contributed by atoms with Crippen LogP contribution in [-0.4, -0.2) is 61.3 Å². The predicted molar refractivity (Wildman–Crippen MR) is 102 cm³/mol. The molecule has 2 heterocycles. The lowest BCUT2D eigenvalue weighted by molar-refractivity contribution is 0.120. The summed E-state index contributed by atoms with van der Waals surface area (Å²) in [6.07, 6.45) is 2.53. The molecule has 6 heteroatoms. The Kier molecular flexibility index (Phi) is 6.19. The van der Waals surface area contributed by atoms with Crippen molar-refractivity contribution in [1.82, 2.24) is 14.9 Å². The van der Waals surface area contributed by atoms with Crippen molar-refractivity contribution in [3.8, 4) is 11.3 Å². The standard InChI is InChI=1S/C19H27N5O/c1-24(2)11-10-20-19-22-17(15-7-4-3-5-8-15)13-18(23-19)21-14-16-9-6-12-25-16/h3-5,7-8,13,16H,6,9-12,14H2,1-2H3,(H2,20,21,22,23). The first-order chi connectivity index (χ1) is 12.2. The molecule has 2 N–H and O–H groups in total.